The van der Waals surface area contributed by atoms with E-state index >= 15 is 0 Å². The Balaban J connectivity index is 0.00000100. The zero-order chi connectivity index (χ0) is 17.7. The number of rotatable bonds is 3. The van der Waals surface area contributed by atoms with Crippen molar-refractivity contribution in [1.29, 1.82) is 0 Å². The average molecular weight is 328 g/mol. The molecule has 2 aromatic heterocycles. The molecule has 0 fully saturated rings. The van der Waals surface area contributed by atoms with Crippen LogP contribution >= 0.6 is 0 Å². The third kappa shape index (κ3) is 3.68. The summed E-state index contributed by atoms with van der Waals surface area (Å²) in [5.41, 5.74) is 14.7. The first-order valence-electron chi connectivity index (χ1n) is 7.71. The summed E-state index contributed by atoms with van der Waals surface area (Å²) in [5.74, 6) is 0.154. The molecule has 0 aliphatic carbocycles. The lowest BCUT2D eigenvalue weighted by Crippen LogP contribution is -2.07. The minimum absolute atomic E-state index is 0.106. The third-order valence-electron chi connectivity index (χ3n) is 3.46. The number of hydrogen-bond donors (Lipinski definition) is 3. The minimum Gasteiger partial charge on any atom is -0.383 e. The number of benzene rings is 1. The smallest absolute Gasteiger partial charge is 0.224 e. The normalized spacial score (nSPS) is 10.2. The molecular formula is C17H21FN6. The fourth-order valence-corrected chi connectivity index (χ4v) is 2.28. The van der Waals surface area contributed by atoms with Gasteiger partial charge in [-0.05, 0) is 42.3 Å². The van der Waals surface area contributed by atoms with Crippen LogP contribution in [0.5, 0.6) is 0 Å². The van der Waals surface area contributed by atoms with E-state index in [-0.39, 0.29) is 11.8 Å². The summed E-state index contributed by atoms with van der Waals surface area (Å²) < 4.78 is 12.9. The molecule has 0 atom stereocenters. The number of anilines is 3. The van der Waals surface area contributed by atoms with Crippen molar-refractivity contribution >= 4 is 28.5 Å². The highest BCUT2D eigenvalue weighted by molar-refractivity contribution is 5.89. The molecule has 0 spiro atoms. The number of nitrogen functional groups attached to an aromatic ring is 2. The van der Waals surface area contributed by atoms with Gasteiger partial charge in [-0.25, -0.2) is 9.37 Å². The molecule has 0 bridgehead atoms. The van der Waals surface area contributed by atoms with Crippen LogP contribution in [0, 0.1) is 12.7 Å². The van der Waals surface area contributed by atoms with Gasteiger partial charge >= 0.3 is 0 Å². The Morgan fingerprint density at radius 1 is 1.08 bits per heavy atom. The molecule has 3 rings (SSSR count). The van der Waals surface area contributed by atoms with Gasteiger partial charge in [0.1, 0.15) is 11.6 Å². The van der Waals surface area contributed by atoms with Gasteiger partial charge in [-0.3, -0.25) is 0 Å². The van der Waals surface area contributed by atoms with Crippen LogP contribution in [-0.4, -0.2) is 15.0 Å². The predicted molar refractivity (Wildman–Crippen MR) is 96.0 cm³/mol. The highest BCUT2D eigenvalue weighted by Crippen LogP contribution is 2.24. The highest BCUT2D eigenvalue weighted by Gasteiger charge is 2.11. The van der Waals surface area contributed by atoms with Crippen molar-refractivity contribution < 1.29 is 4.39 Å². The molecule has 0 aliphatic rings. The molecule has 7 heteroatoms. The average Bonchev–Trinajstić information content (AvgIpc) is 2.57. The lowest BCUT2D eigenvalue weighted by molar-refractivity contribution is 0.628. The van der Waals surface area contributed by atoms with Crippen LogP contribution < -0.4 is 16.8 Å². The second-order valence-corrected chi connectivity index (χ2v) is 4.93. The van der Waals surface area contributed by atoms with Crippen molar-refractivity contribution in [3.05, 3.63) is 47.4 Å². The second kappa shape index (κ2) is 7.54. The molecule has 3 aromatic rings. The third-order valence-corrected chi connectivity index (χ3v) is 3.46. The second-order valence-electron chi connectivity index (χ2n) is 4.93. The van der Waals surface area contributed by atoms with E-state index in [1.807, 2.05) is 20.8 Å². The lowest BCUT2D eigenvalue weighted by atomic mass is 10.1. The van der Waals surface area contributed by atoms with Crippen molar-refractivity contribution in [2.45, 2.75) is 27.3 Å². The molecule has 0 saturated heterocycles. The summed E-state index contributed by atoms with van der Waals surface area (Å²) in [7, 11) is 0. The fraction of sp³-hybridized carbons (Fsp3) is 0.235. The van der Waals surface area contributed by atoms with Crippen molar-refractivity contribution in [3.8, 4) is 0 Å². The quantitative estimate of drug-likeness (QED) is 0.682. The Morgan fingerprint density at radius 2 is 1.75 bits per heavy atom. The number of nitrogens with two attached hydrogens (primary N) is 2. The van der Waals surface area contributed by atoms with Gasteiger partial charge in [0.05, 0.1) is 5.39 Å². The number of nitrogens with zero attached hydrogens (tertiary/aromatic N) is 3. The van der Waals surface area contributed by atoms with Crippen LogP contribution in [0.3, 0.4) is 0 Å². The van der Waals surface area contributed by atoms with Crippen molar-refractivity contribution in [2.24, 2.45) is 0 Å². The Morgan fingerprint density at radius 3 is 2.42 bits per heavy atom. The van der Waals surface area contributed by atoms with E-state index in [4.69, 9.17) is 11.5 Å². The summed E-state index contributed by atoms with van der Waals surface area (Å²) in [5, 5.41) is 3.91. The van der Waals surface area contributed by atoms with E-state index in [0.29, 0.717) is 23.4 Å². The van der Waals surface area contributed by atoms with Crippen LogP contribution in [0.2, 0.25) is 0 Å². The molecule has 0 radical (unpaired) electrons. The van der Waals surface area contributed by atoms with E-state index in [9.17, 15) is 4.39 Å². The summed E-state index contributed by atoms with van der Waals surface area (Å²) in [4.78, 5) is 12.3. The molecule has 6 nitrogen and oxygen atoms in total. The Bertz CT molecular complexity index is 833. The lowest BCUT2D eigenvalue weighted by Gasteiger charge is -2.11. The Kier molecular flexibility index (Phi) is 5.47. The standard InChI is InChI=1S/C15H15FN6.C2H6/c1-8-9(6-19-11-4-2-10(16)3-5-11)7-20-14-12(8)13(17)21-15(18)22-14;1-2/h2-5,7,19H,6H2,1H3,(H4,17,18,20,21,22);1-2H3. The molecule has 126 valence electrons. The number of halogens is 1. The van der Waals surface area contributed by atoms with Crippen LogP contribution in [0.15, 0.2) is 30.5 Å². The first kappa shape index (κ1) is 17.4. The Labute approximate surface area is 140 Å². The zero-order valence-electron chi connectivity index (χ0n) is 14.0. The van der Waals surface area contributed by atoms with Gasteiger partial charge < -0.3 is 16.8 Å². The van der Waals surface area contributed by atoms with Crippen molar-refractivity contribution in [2.75, 3.05) is 16.8 Å². The van der Waals surface area contributed by atoms with Gasteiger partial charge in [0.15, 0.2) is 5.65 Å². The fourth-order valence-electron chi connectivity index (χ4n) is 2.28. The SMILES string of the molecule is CC.Cc1c(CNc2ccc(F)cc2)cnc2nc(N)nc(N)c12. The molecule has 5 N–H and O–H groups in total. The number of nitrogens with one attached hydrogen (secondary N) is 1. The van der Waals surface area contributed by atoms with Crippen molar-refractivity contribution in [1.82, 2.24) is 15.0 Å². The van der Waals surface area contributed by atoms with Crippen LogP contribution in [0.1, 0.15) is 25.0 Å². The topological polar surface area (TPSA) is 103 Å². The van der Waals surface area contributed by atoms with Crippen LogP contribution in [0.25, 0.3) is 11.0 Å². The van der Waals surface area contributed by atoms with Crippen LogP contribution in [-0.2, 0) is 6.54 Å². The highest BCUT2D eigenvalue weighted by atomic mass is 19.1. The van der Waals surface area contributed by atoms with Gasteiger partial charge in [-0.2, -0.15) is 9.97 Å². The van der Waals surface area contributed by atoms with Gasteiger partial charge in [0.2, 0.25) is 5.95 Å². The monoisotopic (exact) mass is 328 g/mol. The first-order valence-corrected chi connectivity index (χ1v) is 7.71. The first-order chi connectivity index (χ1) is 11.5. The molecule has 0 saturated carbocycles. The molecule has 1 aromatic carbocycles. The van der Waals surface area contributed by atoms with Crippen LogP contribution in [0.4, 0.5) is 21.8 Å². The van der Waals surface area contributed by atoms with E-state index in [0.717, 1.165) is 16.8 Å². The van der Waals surface area contributed by atoms with E-state index in [2.05, 4.69) is 20.3 Å². The maximum Gasteiger partial charge on any atom is 0.224 e. The molecule has 24 heavy (non-hydrogen) atoms. The van der Waals surface area contributed by atoms with Crippen molar-refractivity contribution in [3.63, 3.8) is 0 Å². The number of aromatic nitrogens is 3. The number of fused-ring (bicyclic) bond motifs is 1. The molecule has 0 unspecified atom stereocenters. The minimum atomic E-state index is -0.267. The summed E-state index contributed by atoms with van der Waals surface area (Å²) in [6.07, 6.45) is 1.72. The van der Waals surface area contributed by atoms with E-state index in [1.165, 1.54) is 12.1 Å². The molecule has 2 heterocycles. The van der Waals surface area contributed by atoms with Gasteiger partial charge in [0.25, 0.3) is 0 Å². The van der Waals surface area contributed by atoms with E-state index < -0.39 is 0 Å². The summed E-state index contributed by atoms with van der Waals surface area (Å²) in [6, 6.07) is 6.17. The summed E-state index contributed by atoms with van der Waals surface area (Å²) >= 11 is 0. The van der Waals surface area contributed by atoms with Gasteiger partial charge in [0, 0.05) is 18.4 Å². The maximum absolute atomic E-state index is 12.9. The van der Waals surface area contributed by atoms with Gasteiger partial charge in [-0.15, -0.1) is 0 Å². The molecular weight excluding hydrogens is 307 g/mol. The largest absolute Gasteiger partial charge is 0.383 e. The Hall–Kier alpha value is -2.96. The summed E-state index contributed by atoms with van der Waals surface area (Å²) in [6.45, 7) is 6.46. The zero-order valence-corrected chi connectivity index (χ0v) is 14.0. The molecule has 0 amide bonds. The number of hydrogen-bond acceptors (Lipinski definition) is 6. The molecule has 0 aliphatic heterocycles. The maximum atomic E-state index is 12.9. The number of aryl methyl sites for hydroxylation is 1. The predicted octanol–water partition coefficient (Wildman–Crippen LogP) is 3.28. The number of pyridine rings is 1. The van der Waals surface area contributed by atoms with Gasteiger partial charge in [-0.1, -0.05) is 13.8 Å². The van der Waals surface area contributed by atoms with E-state index in [1.54, 1.807) is 18.3 Å².